The summed E-state index contributed by atoms with van der Waals surface area (Å²) in [5, 5.41) is 11.2. The van der Waals surface area contributed by atoms with Crippen LogP contribution < -0.4 is 5.32 Å². The largest absolute Gasteiger partial charge is 0.480 e. The highest BCUT2D eigenvalue weighted by Crippen LogP contribution is 2.22. The van der Waals surface area contributed by atoms with Crippen LogP contribution in [0.2, 0.25) is 5.02 Å². The first-order valence-electron chi connectivity index (χ1n) is 6.48. The van der Waals surface area contributed by atoms with Gasteiger partial charge in [0.1, 0.15) is 11.9 Å². The lowest BCUT2D eigenvalue weighted by molar-refractivity contribution is -0.141. The van der Waals surface area contributed by atoms with Gasteiger partial charge >= 0.3 is 5.97 Å². The van der Waals surface area contributed by atoms with Gasteiger partial charge in [-0.15, -0.1) is 0 Å². The number of carbonyl (C=O) groups excluding carboxylic acids is 2. The van der Waals surface area contributed by atoms with Crippen molar-refractivity contribution in [1.82, 2.24) is 10.2 Å². The van der Waals surface area contributed by atoms with E-state index in [1.807, 2.05) is 0 Å². The van der Waals surface area contributed by atoms with E-state index >= 15 is 0 Å². The quantitative estimate of drug-likeness (QED) is 0.828. The molecule has 0 saturated heterocycles. The van der Waals surface area contributed by atoms with Crippen LogP contribution in [0.4, 0.5) is 4.39 Å². The summed E-state index contributed by atoms with van der Waals surface area (Å²) in [6.45, 7) is 2.65. The average Bonchev–Trinajstić information content (AvgIpc) is 2.45. The molecule has 1 atom stereocenters. The standard InChI is InChI=1S/C14H16ClFN2O4/c1-8(14(21)22)18(7-6-17-9(2)19)13(20)10-4-3-5-11(16)12(10)15/h3-5,8H,6-7H2,1-2H3,(H,17,19)(H,21,22). The maximum atomic E-state index is 13.4. The van der Waals surface area contributed by atoms with Gasteiger partial charge in [0.15, 0.2) is 0 Å². The number of hydrogen-bond donors (Lipinski definition) is 2. The monoisotopic (exact) mass is 330 g/mol. The van der Waals surface area contributed by atoms with Crippen molar-refractivity contribution >= 4 is 29.4 Å². The Kier molecular flexibility index (Phi) is 6.30. The lowest BCUT2D eigenvalue weighted by atomic mass is 10.1. The van der Waals surface area contributed by atoms with E-state index in [9.17, 15) is 18.8 Å². The summed E-state index contributed by atoms with van der Waals surface area (Å²) in [5.41, 5.74) is -0.127. The lowest BCUT2D eigenvalue weighted by Gasteiger charge is -2.27. The van der Waals surface area contributed by atoms with Crippen molar-refractivity contribution in [3.8, 4) is 0 Å². The van der Waals surface area contributed by atoms with E-state index in [0.717, 1.165) is 11.0 Å². The molecule has 0 aromatic heterocycles. The number of benzene rings is 1. The van der Waals surface area contributed by atoms with Crippen molar-refractivity contribution in [2.24, 2.45) is 0 Å². The summed E-state index contributed by atoms with van der Waals surface area (Å²) in [5.74, 6) is -3.01. The molecule has 0 aliphatic rings. The summed E-state index contributed by atoms with van der Waals surface area (Å²) < 4.78 is 13.4. The second-order valence-corrected chi connectivity index (χ2v) is 4.98. The Morgan fingerprint density at radius 2 is 2.05 bits per heavy atom. The van der Waals surface area contributed by atoms with Crippen molar-refractivity contribution in [2.45, 2.75) is 19.9 Å². The highest BCUT2D eigenvalue weighted by Gasteiger charge is 2.28. The number of amides is 2. The summed E-state index contributed by atoms with van der Waals surface area (Å²) in [7, 11) is 0. The lowest BCUT2D eigenvalue weighted by Crippen LogP contribution is -2.46. The van der Waals surface area contributed by atoms with Crippen LogP contribution in [0.1, 0.15) is 24.2 Å². The molecule has 8 heteroatoms. The van der Waals surface area contributed by atoms with Crippen LogP contribution in [-0.2, 0) is 9.59 Å². The summed E-state index contributed by atoms with van der Waals surface area (Å²) in [6, 6.07) is 2.57. The van der Waals surface area contributed by atoms with Gasteiger partial charge in [-0.1, -0.05) is 17.7 Å². The number of rotatable bonds is 6. The van der Waals surface area contributed by atoms with E-state index in [1.54, 1.807) is 0 Å². The molecule has 2 N–H and O–H groups in total. The van der Waals surface area contributed by atoms with E-state index in [1.165, 1.54) is 26.0 Å². The highest BCUT2D eigenvalue weighted by molar-refractivity contribution is 6.34. The minimum Gasteiger partial charge on any atom is -0.480 e. The molecule has 1 aromatic rings. The zero-order chi connectivity index (χ0) is 16.9. The zero-order valence-corrected chi connectivity index (χ0v) is 12.9. The maximum absolute atomic E-state index is 13.4. The molecule has 1 unspecified atom stereocenters. The fourth-order valence-corrected chi connectivity index (χ4v) is 1.99. The number of aliphatic carboxylic acids is 1. The molecule has 0 saturated carbocycles. The van der Waals surface area contributed by atoms with Gasteiger partial charge in [-0.2, -0.15) is 0 Å². The molecule has 120 valence electrons. The van der Waals surface area contributed by atoms with Crippen molar-refractivity contribution < 1.29 is 23.9 Å². The molecule has 1 aromatic carbocycles. The van der Waals surface area contributed by atoms with Crippen LogP contribution >= 0.6 is 11.6 Å². The van der Waals surface area contributed by atoms with E-state index in [-0.39, 0.29) is 29.6 Å². The Bertz CT molecular complexity index is 594. The Morgan fingerprint density at radius 3 is 2.59 bits per heavy atom. The number of nitrogens with one attached hydrogen (secondary N) is 1. The molecule has 0 aliphatic heterocycles. The number of nitrogens with zero attached hydrogens (tertiary/aromatic N) is 1. The van der Waals surface area contributed by atoms with Gasteiger partial charge in [-0.05, 0) is 19.1 Å². The van der Waals surface area contributed by atoms with Gasteiger partial charge in [0.05, 0.1) is 10.6 Å². The van der Waals surface area contributed by atoms with Crippen LogP contribution in [-0.4, -0.2) is 46.9 Å². The fraction of sp³-hybridized carbons (Fsp3) is 0.357. The molecule has 0 radical (unpaired) electrons. The van der Waals surface area contributed by atoms with Gasteiger partial charge < -0.3 is 15.3 Å². The molecular weight excluding hydrogens is 315 g/mol. The Balaban J connectivity index is 3.03. The minimum atomic E-state index is -1.22. The molecule has 0 aliphatic carbocycles. The number of carbonyl (C=O) groups is 3. The second kappa shape index (κ2) is 7.74. The van der Waals surface area contributed by atoms with Gasteiger partial charge in [0.2, 0.25) is 5.91 Å². The molecule has 0 spiro atoms. The average molecular weight is 331 g/mol. The number of halogens is 2. The third-order valence-electron chi connectivity index (χ3n) is 2.99. The van der Waals surface area contributed by atoms with Gasteiger partial charge in [-0.25, -0.2) is 9.18 Å². The smallest absolute Gasteiger partial charge is 0.326 e. The van der Waals surface area contributed by atoms with Crippen LogP contribution in [0.25, 0.3) is 0 Å². The summed E-state index contributed by atoms with van der Waals surface area (Å²) in [4.78, 5) is 35.5. The third kappa shape index (κ3) is 4.42. The van der Waals surface area contributed by atoms with Gasteiger partial charge in [0.25, 0.3) is 5.91 Å². The van der Waals surface area contributed by atoms with Gasteiger partial charge in [0, 0.05) is 20.0 Å². The van der Waals surface area contributed by atoms with Crippen molar-refractivity contribution in [2.75, 3.05) is 13.1 Å². The predicted octanol–water partition coefficient (Wildman–Crippen LogP) is 1.53. The Morgan fingerprint density at radius 1 is 1.41 bits per heavy atom. The maximum Gasteiger partial charge on any atom is 0.326 e. The molecular formula is C14H16ClFN2O4. The molecule has 6 nitrogen and oxygen atoms in total. The summed E-state index contributed by atoms with van der Waals surface area (Å²) in [6.07, 6.45) is 0. The Labute approximate surface area is 131 Å². The third-order valence-corrected chi connectivity index (χ3v) is 3.38. The topological polar surface area (TPSA) is 86.7 Å². The first-order chi connectivity index (χ1) is 10.3. The normalized spacial score (nSPS) is 11.6. The first-order valence-corrected chi connectivity index (χ1v) is 6.85. The number of carboxylic acids is 1. The van der Waals surface area contributed by atoms with Crippen LogP contribution in [0.5, 0.6) is 0 Å². The number of carboxylic acid groups (broad SMARTS) is 1. The van der Waals surface area contributed by atoms with Gasteiger partial charge in [-0.3, -0.25) is 9.59 Å². The van der Waals surface area contributed by atoms with Crippen LogP contribution in [0, 0.1) is 5.82 Å². The molecule has 2 amide bonds. The molecule has 1 rings (SSSR count). The SMILES string of the molecule is CC(=O)NCCN(C(=O)c1cccc(F)c1Cl)C(C)C(=O)O. The van der Waals surface area contributed by atoms with E-state index in [4.69, 9.17) is 16.7 Å². The second-order valence-electron chi connectivity index (χ2n) is 4.60. The van der Waals surface area contributed by atoms with Crippen LogP contribution in [0.3, 0.4) is 0 Å². The zero-order valence-electron chi connectivity index (χ0n) is 12.1. The molecule has 0 heterocycles. The predicted molar refractivity (Wildman–Crippen MR) is 78.2 cm³/mol. The van der Waals surface area contributed by atoms with Crippen LogP contribution in [0.15, 0.2) is 18.2 Å². The van der Waals surface area contributed by atoms with Crippen molar-refractivity contribution in [3.63, 3.8) is 0 Å². The van der Waals surface area contributed by atoms with E-state index in [2.05, 4.69) is 5.32 Å². The van der Waals surface area contributed by atoms with Crippen molar-refractivity contribution in [1.29, 1.82) is 0 Å². The first kappa shape index (κ1) is 17.9. The molecule has 0 bridgehead atoms. The van der Waals surface area contributed by atoms with E-state index in [0.29, 0.717) is 0 Å². The minimum absolute atomic E-state index is 0.0429. The van der Waals surface area contributed by atoms with Crippen molar-refractivity contribution in [3.05, 3.63) is 34.6 Å². The fourth-order valence-electron chi connectivity index (χ4n) is 1.78. The van der Waals surface area contributed by atoms with E-state index < -0.39 is 23.7 Å². The highest BCUT2D eigenvalue weighted by atomic mass is 35.5. The molecule has 22 heavy (non-hydrogen) atoms. The Hall–Kier alpha value is -2.15. The molecule has 0 fully saturated rings. The number of hydrogen-bond acceptors (Lipinski definition) is 3. The summed E-state index contributed by atoms with van der Waals surface area (Å²) >= 11 is 5.76.